The van der Waals surface area contributed by atoms with Crippen LogP contribution in [0.1, 0.15) is 31.5 Å². The smallest absolute Gasteiger partial charge is 0.161 e. The summed E-state index contributed by atoms with van der Waals surface area (Å²) in [4.78, 5) is 0. The lowest BCUT2D eigenvalue weighted by atomic mass is 9.75. The van der Waals surface area contributed by atoms with Crippen LogP contribution in [0, 0.1) is 5.41 Å². The molecule has 0 aliphatic heterocycles. The van der Waals surface area contributed by atoms with E-state index >= 15 is 0 Å². The van der Waals surface area contributed by atoms with Crippen molar-refractivity contribution in [2.75, 3.05) is 5.32 Å². The molecule has 0 bridgehead atoms. The van der Waals surface area contributed by atoms with Gasteiger partial charge in [0.25, 0.3) is 0 Å². The molecule has 0 fully saturated rings. The molecule has 0 saturated carbocycles. The molecular weight excluding hydrogens is 286 g/mol. The molecule has 0 radical (unpaired) electrons. The van der Waals surface area contributed by atoms with Crippen LogP contribution >= 0.6 is 11.6 Å². The second-order valence-electron chi connectivity index (χ2n) is 6.15. The Labute approximate surface area is 128 Å². The molecule has 0 spiro atoms. The summed E-state index contributed by atoms with van der Waals surface area (Å²) in [7, 11) is 0. The standard InChI is InChI=1S/C15H18ClN5/c1-15(2)7-11(19-17)13-12(8-15)20-21-14(13)18-10-5-3-9(16)4-6-10/h3-6H,7-8,17H2,1-2H3,(H2,18,20,21). The third-order valence-electron chi connectivity index (χ3n) is 3.69. The molecule has 0 saturated heterocycles. The number of aromatic amines is 1. The van der Waals surface area contributed by atoms with Crippen LogP contribution < -0.4 is 11.2 Å². The van der Waals surface area contributed by atoms with Crippen LogP contribution in [0.15, 0.2) is 29.4 Å². The highest BCUT2D eigenvalue weighted by Crippen LogP contribution is 2.37. The average molecular weight is 304 g/mol. The van der Waals surface area contributed by atoms with Crippen molar-refractivity contribution in [2.45, 2.75) is 26.7 Å². The molecule has 1 aliphatic carbocycles. The zero-order chi connectivity index (χ0) is 15.0. The summed E-state index contributed by atoms with van der Waals surface area (Å²) >= 11 is 5.90. The third kappa shape index (κ3) is 2.74. The van der Waals surface area contributed by atoms with Gasteiger partial charge in [0, 0.05) is 16.4 Å². The summed E-state index contributed by atoms with van der Waals surface area (Å²) in [6, 6.07) is 7.50. The lowest BCUT2D eigenvalue weighted by Gasteiger charge is -2.29. The fraction of sp³-hybridized carbons (Fsp3) is 0.333. The van der Waals surface area contributed by atoms with E-state index < -0.39 is 0 Å². The summed E-state index contributed by atoms with van der Waals surface area (Å²) in [5, 5.41) is 15.4. The zero-order valence-electron chi connectivity index (χ0n) is 12.1. The van der Waals surface area contributed by atoms with Crippen molar-refractivity contribution in [2.24, 2.45) is 16.4 Å². The molecule has 1 heterocycles. The van der Waals surface area contributed by atoms with E-state index in [2.05, 4.69) is 34.5 Å². The van der Waals surface area contributed by atoms with Crippen molar-refractivity contribution >= 4 is 28.8 Å². The fourth-order valence-corrected chi connectivity index (χ4v) is 2.90. The van der Waals surface area contributed by atoms with Crippen molar-refractivity contribution in [3.63, 3.8) is 0 Å². The van der Waals surface area contributed by atoms with E-state index in [-0.39, 0.29) is 5.41 Å². The number of nitrogens with two attached hydrogens (primary N) is 1. The number of hydrogen-bond donors (Lipinski definition) is 3. The summed E-state index contributed by atoms with van der Waals surface area (Å²) in [5.74, 6) is 6.34. The SMILES string of the molecule is CC1(C)CC(=NN)c2c(Nc3ccc(Cl)cc3)n[nH]c2C1. The van der Waals surface area contributed by atoms with Gasteiger partial charge in [-0.3, -0.25) is 5.10 Å². The molecule has 1 aromatic carbocycles. The maximum Gasteiger partial charge on any atom is 0.161 e. The first kappa shape index (κ1) is 13.9. The molecule has 3 rings (SSSR count). The van der Waals surface area contributed by atoms with E-state index in [9.17, 15) is 0 Å². The van der Waals surface area contributed by atoms with Gasteiger partial charge in [-0.05, 0) is 42.5 Å². The second kappa shape index (κ2) is 5.07. The topological polar surface area (TPSA) is 79.1 Å². The van der Waals surface area contributed by atoms with Crippen molar-refractivity contribution in [1.82, 2.24) is 10.2 Å². The van der Waals surface area contributed by atoms with Crippen LogP contribution in [0.4, 0.5) is 11.5 Å². The maximum atomic E-state index is 5.90. The van der Waals surface area contributed by atoms with Gasteiger partial charge in [0.2, 0.25) is 0 Å². The Kier molecular flexibility index (Phi) is 3.37. The number of nitrogens with zero attached hydrogens (tertiary/aromatic N) is 2. The Morgan fingerprint density at radius 3 is 2.67 bits per heavy atom. The summed E-state index contributed by atoms with van der Waals surface area (Å²) in [5.41, 5.74) is 4.01. The fourth-order valence-electron chi connectivity index (χ4n) is 2.77. The van der Waals surface area contributed by atoms with Gasteiger partial charge in [-0.1, -0.05) is 25.4 Å². The molecule has 6 heteroatoms. The van der Waals surface area contributed by atoms with E-state index in [1.165, 1.54) is 0 Å². The Hall–Kier alpha value is -2.01. The molecular formula is C15H18ClN5. The van der Waals surface area contributed by atoms with Crippen LogP contribution in [0.2, 0.25) is 5.02 Å². The van der Waals surface area contributed by atoms with Gasteiger partial charge >= 0.3 is 0 Å². The predicted molar refractivity (Wildman–Crippen MR) is 86.1 cm³/mol. The van der Waals surface area contributed by atoms with Gasteiger partial charge in [0.15, 0.2) is 5.82 Å². The van der Waals surface area contributed by atoms with Crippen molar-refractivity contribution in [1.29, 1.82) is 0 Å². The number of anilines is 2. The van der Waals surface area contributed by atoms with Gasteiger partial charge in [0.05, 0.1) is 11.3 Å². The predicted octanol–water partition coefficient (Wildman–Crippen LogP) is 3.44. The molecule has 0 amide bonds. The van der Waals surface area contributed by atoms with E-state index in [4.69, 9.17) is 17.4 Å². The molecule has 0 atom stereocenters. The molecule has 21 heavy (non-hydrogen) atoms. The van der Waals surface area contributed by atoms with E-state index in [1.807, 2.05) is 24.3 Å². The molecule has 0 unspecified atom stereocenters. The van der Waals surface area contributed by atoms with Crippen LogP contribution in [-0.4, -0.2) is 15.9 Å². The second-order valence-corrected chi connectivity index (χ2v) is 6.59. The van der Waals surface area contributed by atoms with Gasteiger partial charge in [-0.2, -0.15) is 10.2 Å². The minimum absolute atomic E-state index is 0.134. The van der Waals surface area contributed by atoms with Crippen LogP contribution in [0.3, 0.4) is 0 Å². The van der Waals surface area contributed by atoms with Gasteiger partial charge < -0.3 is 11.2 Å². The lowest BCUT2D eigenvalue weighted by Crippen LogP contribution is -2.28. The van der Waals surface area contributed by atoms with Crippen LogP contribution in [0.5, 0.6) is 0 Å². The first-order valence-electron chi connectivity index (χ1n) is 6.85. The number of H-pyrrole nitrogens is 1. The highest BCUT2D eigenvalue weighted by atomic mass is 35.5. The van der Waals surface area contributed by atoms with Crippen LogP contribution in [-0.2, 0) is 6.42 Å². The third-order valence-corrected chi connectivity index (χ3v) is 3.95. The van der Waals surface area contributed by atoms with Crippen molar-refractivity contribution in [3.8, 4) is 0 Å². The highest BCUT2D eigenvalue weighted by molar-refractivity contribution is 6.30. The Morgan fingerprint density at radius 1 is 1.29 bits per heavy atom. The normalized spacial score (nSPS) is 18.5. The number of hydrazone groups is 1. The van der Waals surface area contributed by atoms with Gasteiger partial charge in [-0.25, -0.2) is 0 Å². The summed E-state index contributed by atoms with van der Waals surface area (Å²) in [6.07, 6.45) is 1.77. The minimum atomic E-state index is 0.134. The first-order chi connectivity index (χ1) is 9.98. The van der Waals surface area contributed by atoms with Crippen LogP contribution in [0.25, 0.3) is 0 Å². The number of hydrogen-bond acceptors (Lipinski definition) is 4. The van der Waals surface area contributed by atoms with Crippen molar-refractivity contribution in [3.05, 3.63) is 40.5 Å². The Morgan fingerprint density at radius 2 is 2.00 bits per heavy atom. The van der Waals surface area contributed by atoms with E-state index in [0.717, 1.165) is 41.3 Å². The molecule has 4 N–H and O–H groups in total. The number of nitrogens with one attached hydrogen (secondary N) is 2. The first-order valence-corrected chi connectivity index (χ1v) is 7.23. The molecule has 2 aromatic rings. The maximum absolute atomic E-state index is 5.90. The average Bonchev–Trinajstić information content (AvgIpc) is 2.82. The van der Waals surface area contributed by atoms with Gasteiger partial charge in [-0.15, -0.1) is 0 Å². The quantitative estimate of drug-likeness (QED) is 0.587. The zero-order valence-corrected chi connectivity index (χ0v) is 12.8. The van der Waals surface area contributed by atoms with Crippen molar-refractivity contribution < 1.29 is 0 Å². The molecule has 1 aromatic heterocycles. The number of halogens is 1. The Balaban J connectivity index is 1.96. The Bertz CT molecular complexity index is 685. The minimum Gasteiger partial charge on any atom is -0.338 e. The van der Waals surface area contributed by atoms with E-state index in [1.54, 1.807) is 0 Å². The largest absolute Gasteiger partial charge is 0.338 e. The monoisotopic (exact) mass is 303 g/mol. The number of fused-ring (bicyclic) bond motifs is 1. The number of rotatable bonds is 2. The number of benzene rings is 1. The molecule has 5 nitrogen and oxygen atoms in total. The molecule has 1 aliphatic rings. The number of aromatic nitrogens is 2. The van der Waals surface area contributed by atoms with E-state index in [0.29, 0.717) is 5.02 Å². The highest BCUT2D eigenvalue weighted by Gasteiger charge is 2.33. The molecule has 110 valence electrons. The summed E-state index contributed by atoms with van der Waals surface area (Å²) < 4.78 is 0. The lowest BCUT2D eigenvalue weighted by molar-refractivity contribution is 0.368. The van der Waals surface area contributed by atoms with Gasteiger partial charge in [0.1, 0.15) is 0 Å². The summed E-state index contributed by atoms with van der Waals surface area (Å²) in [6.45, 7) is 4.41.